The maximum absolute atomic E-state index is 11.4. The van der Waals surface area contributed by atoms with Gasteiger partial charge in [-0.1, -0.05) is 29.8 Å². The summed E-state index contributed by atoms with van der Waals surface area (Å²) in [6, 6.07) is 8.20. The van der Waals surface area contributed by atoms with Crippen molar-refractivity contribution in [3.63, 3.8) is 0 Å². The van der Waals surface area contributed by atoms with Gasteiger partial charge in [0.1, 0.15) is 0 Å². The van der Waals surface area contributed by atoms with E-state index in [0.717, 1.165) is 36.0 Å². The van der Waals surface area contributed by atoms with Crippen molar-refractivity contribution in [3.8, 4) is 11.3 Å². The fraction of sp³-hybridized carbons (Fsp3) is 0.316. The van der Waals surface area contributed by atoms with Gasteiger partial charge in [-0.2, -0.15) is 0 Å². The zero-order chi connectivity index (χ0) is 18.8. The third-order valence-electron chi connectivity index (χ3n) is 4.77. The van der Waals surface area contributed by atoms with Crippen LogP contribution in [0.5, 0.6) is 0 Å². The van der Waals surface area contributed by atoms with Crippen LogP contribution in [0.1, 0.15) is 6.42 Å². The van der Waals surface area contributed by atoms with E-state index < -0.39 is 0 Å². The van der Waals surface area contributed by atoms with Gasteiger partial charge < -0.3 is 15.0 Å². The van der Waals surface area contributed by atoms with Crippen molar-refractivity contribution in [2.24, 2.45) is 0 Å². The third kappa shape index (κ3) is 3.74. The number of H-pyrrole nitrogens is 1. The fourth-order valence-electron chi connectivity index (χ4n) is 3.42. The average molecular weight is 386 g/mol. The molecule has 0 aliphatic carbocycles. The number of carbonyl (C=O) groups is 1. The van der Waals surface area contributed by atoms with Crippen LogP contribution in [-0.4, -0.2) is 58.6 Å². The lowest BCUT2D eigenvalue weighted by molar-refractivity contribution is -0.141. The number of nitrogens with one attached hydrogen (secondary N) is 2. The first-order chi connectivity index (χ1) is 13.1. The number of fused-ring (bicyclic) bond motifs is 1. The van der Waals surface area contributed by atoms with Crippen molar-refractivity contribution in [1.29, 1.82) is 0 Å². The van der Waals surface area contributed by atoms with Crippen molar-refractivity contribution >= 4 is 34.4 Å². The van der Waals surface area contributed by atoms with E-state index >= 15 is 0 Å². The van der Waals surface area contributed by atoms with Crippen LogP contribution in [0.15, 0.2) is 36.7 Å². The minimum Gasteiger partial charge on any atom is -0.468 e. The van der Waals surface area contributed by atoms with Crippen molar-refractivity contribution in [2.45, 2.75) is 12.5 Å². The third-order valence-corrected chi connectivity index (χ3v) is 5.05. The van der Waals surface area contributed by atoms with Gasteiger partial charge in [0.15, 0.2) is 0 Å². The topological polar surface area (TPSA) is 83.1 Å². The Hall–Kier alpha value is -2.64. The highest BCUT2D eigenvalue weighted by atomic mass is 35.5. The fourth-order valence-corrected chi connectivity index (χ4v) is 3.61. The average Bonchev–Trinajstić information content (AvgIpc) is 3.30. The van der Waals surface area contributed by atoms with Crippen molar-refractivity contribution in [1.82, 2.24) is 19.9 Å². The Balaban J connectivity index is 1.52. The van der Waals surface area contributed by atoms with Crippen LogP contribution in [0.4, 0.5) is 5.95 Å². The molecule has 2 aromatic heterocycles. The van der Waals surface area contributed by atoms with Crippen LogP contribution in [-0.2, 0) is 9.53 Å². The molecule has 0 unspecified atom stereocenters. The van der Waals surface area contributed by atoms with Gasteiger partial charge in [0.2, 0.25) is 5.95 Å². The monoisotopic (exact) mass is 385 g/mol. The summed E-state index contributed by atoms with van der Waals surface area (Å²) in [7, 11) is 1.40. The normalized spacial score (nSPS) is 17.3. The molecule has 7 nitrogen and oxygen atoms in total. The van der Waals surface area contributed by atoms with Crippen molar-refractivity contribution in [3.05, 3.63) is 41.7 Å². The molecule has 0 radical (unpaired) electrons. The highest BCUT2D eigenvalue weighted by molar-refractivity contribution is 6.33. The Morgan fingerprint density at radius 1 is 1.44 bits per heavy atom. The molecule has 1 atom stereocenters. The molecule has 1 aliphatic rings. The lowest BCUT2D eigenvalue weighted by Crippen LogP contribution is -2.31. The van der Waals surface area contributed by atoms with Crippen LogP contribution < -0.4 is 5.32 Å². The molecule has 1 saturated heterocycles. The molecule has 4 rings (SSSR count). The lowest BCUT2D eigenvalue weighted by atomic mass is 10.1. The Labute approximate surface area is 161 Å². The predicted octanol–water partition coefficient (Wildman–Crippen LogP) is 2.94. The summed E-state index contributed by atoms with van der Waals surface area (Å²) in [5.74, 6) is 0.310. The first-order valence-electron chi connectivity index (χ1n) is 8.79. The Kier molecular flexibility index (Phi) is 4.96. The summed E-state index contributed by atoms with van der Waals surface area (Å²) in [6.45, 7) is 1.87. The Morgan fingerprint density at radius 2 is 2.30 bits per heavy atom. The Morgan fingerprint density at radius 3 is 3.15 bits per heavy atom. The molecule has 0 saturated carbocycles. The number of para-hydroxylation sites is 1. The number of hydrogen-bond acceptors (Lipinski definition) is 6. The molecule has 3 heterocycles. The number of anilines is 1. The highest BCUT2D eigenvalue weighted by Gasteiger charge is 2.25. The number of aromatic nitrogens is 3. The lowest BCUT2D eigenvalue weighted by Gasteiger charge is -2.15. The second-order valence-corrected chi connectivity index (χ2v) is 6.99. The number of methoxy groups -OCH3 is 1. The van der Waals surface area contributed by atoms with E-state index in [1.807, 2.05) is 30.5 Å². The summed E-state index contributed by atoms with van der Waals surface area (Å²) < 4.78 is 4.73. The van der Waals surface area contributed by atoms with Crippen LogP contribution in [0.2, 0.25) is 5.02 Å². The van der Waals surface area contributed by atoms with Gasteiger partial charge in [-0.25, -0.2) is 9.97 Å². The molecule has 140 valence electrons. The van der Waals surface area contributed by atoms with E-state index in [-0.39, 0.29) is 12.0 Å². The molecule has 0 amide bonds. The van der Waals surface area contributed by atoms with E-state index in [2.05, 4.69) is 25.2 Å². The number of carbonyl (C=O) groups excluding carboxylic acids is 1. The van der Waals surface area contributed by atoms with Gasteiger partial charge in [0.05, 0.1) is 30.6 Å². The zero-order valence-corrected chi connectivity index (χ0v) is 15.7. The summed E-state index contributed by atoms with van der Waals surface area (Å²) in [6.07, 6.45) is 4.44. The van der Waals surface area contributed by atoms with E-state index in [9.17, 15) is 4.79 Å². The molecule has 27 heavy (non-hydrogen) atoms. The van der Waals surface area contributed by atoms with Gasteiger partial charge in [-0.3, -0.25) is 9.69 Å². The molecule has 1 aliphatic heterocycles. The molecule has 8 heteroatoms. The highest BCUT2D eigenvalue weighted by Crippen LogP contribution is 2.32. The number of nitrogens with zero attached hydrogens (tertiary/aromatic N) is 3. The smallest absolute Gasteiger partial charge is 0.319 e. The molecular formula is C19H20ClN5O2. The summed E-state index contributed by atoms with van der Waals surface area (Å²) in [5, 5.41) is 4.92. The molecule has 1 aromatic carbocycles. The SMILES string of the molecule is COC(=O)CN1CC[C@@H](Nc2ncc(Cl)c(-c3c[nH]c4ccccc34)n2)C1. The van der Waals surface area contributed by atoms with Crippen molar-refractivity contribution in [2.75, 3.05) is 32.1 Å². The first-order valence-corrected chi connectivity index (χ1v) is 9.16. The quantitative estimate of drug-likeness (QED) is 0.657. The number of aromatic amines is 1. The molecule has 0 spiro atoms. The number of ether oxygens (including phenoxy) is 1. The number of hydrogen-bond donors (Lipinski definition) is 2. The van der Waals surface area contributed by atoms with Crippen LogP contribution in [0, 0.1) is 0 Å². The van der Waals surface area contributed by atoms with Gasteiger partial charge in [0.25, 0.3) is 0 Å². The Bertz CT molecular complexity index is 974. The van der Waals surface area contributed by atoms with E-state index in [4.69, 9.17) is 16.3 Å². The first kappa shape index (κ1) is 17.8. The largest absolute Gasteiger partial charge is 0.468 e. The van der Waals surface area contributed by atoms with Crippen LogP contribution in [0.3, 0.4) is 0 Å². The molecule has 3 aromatic rings. The van der Waals surface area contributed by atoms with Crippen molar-refractivity contribution < 1.29 is 9.53 Å². The predicted molar refractivity (Wildman–Crippen MR) is 105 cm³/mol. The van der Waals surface area contributed by atoms with Crippen LogP contribution in [0.25, 0.3) is 22.2 Å². The second-order valence-electron chi connectivity index (χ2n) is 6.58. The van der Waals surface area contributed by atoms with Gasteiger partial charge in [-0.05, 0) is 12.5 Å². The molecular weight excluding hydrogens is 366 g/mol. The van der Waals surface area contributed by atoms with Gasteiger partial charge in [0, 0.05) is 41.8 Å². The number of likely N-dealkylation sites (tertiary alicyclic amines) is 1. The zero-order valence-electron chi connectivity index (χ0n) is 14.9. The maximum Gasteiger partial charge on any atom is 0.319 e. The standard InChI is InChI=1S/C19H20ClN5O2/c1-27-17(26)11-25-7-6-12(10-25)23-19-22-9-15(20)18(24-19)14-8-21-16-5-3-2-4-13(14)16/h2-5,8-9,12,21H,6-7,10-11H2,1H3,(H,22,23,24)/t12-/m1/s1. The van der Waals surface area contributed by atoms with E-state index in [1.54, 1.807) is 6.20 Å². The van der Waals surface area contributed by atoms with Gasteiger partial charge >= 0.3 is 5.97 Å². The summed E-state index contributed by atoms with van der Waals surface area (Å²) >= 11 is 6.37. The summed E-state index contributed by atoms with van der Waals surface area (Å²) in [4.78, 5) is 25.7. The molecule has 0 bridgehead atoms. The molecule has 2 N–H and O–H groups in total. The van der Waals surface area contributed by atoms with Crippen LogP contribution >= 0.6 is 11.6 Å². The number of halogens is 1. The summed E-state index contributed by atoms with van der Waals surface area (Å²) in [5.41, 5.74) is 2.67. The van der Waals surface area contributed by atoms with Gasteiger partial charge in [-0.15, -0.1) is 0 Å². The number of benzene rings is 1. The number of esters is 1. The van der Waals surface area contributed by atoms with E-state index in [0.29, 0.717) is 23.2 Å². The van der Waals surface area contributed by atoms with E-state index in [1.165, 1.54) is 7.11 Å². The maximum atomic E-state index is 11.4. The second kappa shape index (κ2) is 7.54. The minimum atomic E-state index is -0.222. The molecule has 1 fully saturated rings. The minimum absolute atomic E-state index is 0.173. The number of rotatable bonds is 5.